The van der Waals surface area contributed by atoms with Crippen LogP contribution in [0.3, 0.4) is 0 Å². The summed E-state index contributed by atoms with van der Waals surface area (Å²) in [7, 11) is 0. The Morgan fingerprint density at radius 2 is 1.84 bits per heavy atom. The van der Waals surface area contributed by atoms with Crippen molar-refractivity contribution in [3.05, 3.63) is 94.9 Å². The highest BCUT2D eigenvalue weighted by atomic mass is 35.5. The van der Waals surface area contributed by atoms with Gasteiger partial charge in [0.05, 0.1) is 27.2 Å². The molecule has 0 fully saturated rings. The van der Waals surface area contributed by atoms with E-state index < -0.39 is 9.85 Å². The standard InChI is InChI=1S/C20H16ClN5O5/c21-14-4-1-12(2-5-14)19-22-17-7-8-24(11-16(17)20(27)23-19)10-13-3-6-15(25(28)29)9-18(13)26(30)31/h1-6,9H,7-8,10-11H2,(H,22,23,27). The fourth-order valence-corrected chi connectivity index (χ4v) is 3.70. The fourth-order valence-electron chi connectivity index (χ4n) is 3.57. The zero-order chi connectivity index (χ0) is 22.1. The average Bonchev–Trinajstić information content (AvgIpc) is 2.74. The molecule has 2 heterocycles. The Bertz CT molecular complexity index is 1240. The molecule has 1 aliphatic rings. The lowest BCUT2D eigenvalue weighted by molar-refractivity contribution is -0.394. The van der Waals surface area contributed by atoms with E-state index in [2.05, 4.69) is 9.97 Å². The molecule has 0 saturated heterocycles. The van der Waals surface area contributed by atoms with Crippen LogP contribution < -0.4 is 5.56 Å². The van der Waals surface area contributed by atoms with Gasteiger partial charge in [-0.15, -0.1) is 0 Å². The van der Waals surface area contributed by atoms with Gasteiger partial charge >= 0.3 is 0 Å². The minimum Gasteiger partial charge on any atom is -0.306 e. The number of non-ortho nitro benzene ring substituents is 1. The second-order valence-electron chi connectivity index (χ2n) is 7.13. The van der Waals surface area contributed by atoms with Gasteiger partial charge in [0.1, 0.15) is 5.82 Å². The summed E-state index contributed by atoms with van der Waals surface area (Å²) in [5.41, 5.74) is 1.36. The molecule has 11 heteroatoms. The number of nitro groups is 2. The van der Waals surface area contributed by atoms with Crippen molar-refractivity contribution in [3.8, 4) is 11.4 Å². The lowest BCUT2D eigenvalue weighted by Crippen LogP contribution is -2.35. The lowest BCUT2D eigenvalue weighted by atomic mass is 10.0. The molecule has 0 amide bonds. The summed E-state index contributed by atoms with van der Waals surface area (Å²) in [5, 5.41) is 22.9. The molecule has 4 rings (SSSR count). The van der Waals surface area contributed by atoms with Gasteiger partial charge in [-0.1, -0.05) is 11.6 Å². The third-order valence-corrected chi connectivity index (χ3v) is 5.39. The van der Waals surface area contributed by atoms with E-state index in [0.29, 0.717) is 40.6 Å². The summed E-state index contributed by atoms with van der Waals surface area (Å²) < 4.78 is 0. The topological polar surface area (TPSA) is 135 Å². The van der Waals surface area contributed by atoms with E-state index in [0.717, 1.165) is 11.6 Å². The predicted molar refractivity (Wildman–Crippen MR) is 113 cm³/mol. The van der Waals surface area contributed by atoms with Crippen molar-refractivity contribution in [2.75, 3.05) is 6.54 Å². The molecule has 10 nitrogen and oxygen atoms in total. The molecule has 1 aliphatic heterocycles. The molecule has 1 aromatic heterocycles. The summed E-state index contributed by atoms with van der Waals surface area (Å²) in [5.74, 6) is 0.458. The molecule has 0 bridgehead atoms. The van der Waals surface area contributed by atoms with Crippen molar-refractivity contribution in [1.29, 1.82) is 0 Å². The van der Waals surface area contributed by atoms with E-state index in [9.17, 15) is 25.0 Å². The monoisotopic (exact) mass is 441 g/mol. The molecule has 0 spiro atoms. The zero-order valence-corrected chi connectivity index (χ0v) is 16.8. The summed E-state index contributed by atoms with van der Waals surface area (Å²) in [6.45, 7) is 0.997. The molecular formula is C20H16ClN5O5. The second-order valence-corrected chi connectivity index (χ2v) is 7.57. The van der Waals surface area contributed by atoms with Crippen LogP contribution in [0.4, 0.5) is 11.4 Å². The highest BCUT2D eigenvalue weighted by molar-refractivity contribution is 6.30. The predicted octanol–water partition coefficient (Wildman–Crippen LogP) is 3.47. The quantitative estimate of drug-likeness (QED) is 0.473. The van der Waals surface area contributed by atoms with Gasteiger partial charge in [-0.05, 0) is 30.3 Å². The molecule has 0 unspecified atom stereocenters. The minimum atomic E-state index is -0.669. The number of nitro benzene ring substituents is 2. The van der Waals surface area contributed by atoms with E-state index in [1.807, 2.05) is 4.90 Å². The van der Waals surface area contributed by atoms with Crippen molar-refractivity contribution < 1.29 is 9.85 Å². The highest BCUT2D eigenvalue weighted by Crippen LogP contribution is 2.27. The number of nitrogens with zero attached hydrogens (tertiary/aromatic N) is 4. The lowest BCUT2D eigenvalue weighted by Gasteiger charge is -2.27. The van der Waals surface area contributed by atoms with Crippen LogP contribution in [0, 0.1) is 20.2 Å². The number of benzene rings is 2. The number of nitrogens with one attached hydrogen (secondary N) is 1. The molecular weight excluding hydrogens is 426 g/mol. The molecule has 3 aromatic rings. The molecule has 31 heavy (non-hydrogen) atoms. The first kappa shape index (κ1) is 20.6. The van der Waals surface area contributed by atoms with Gasteiger partial charge in [0, 0.05) is 48.3 Å². The van der Waals surface area contributed by atoms with Crippen LogP contribution in [0.25, 0.3) is 11.4 Å². The normalized spacial score (nSPS) is 13.6. The first-order chi connectivity index (χ1) is 14.8. The van der Waals surface area contributed by atoms with Gasteiger partial charge in [-0.3, -0.25) is 29.9 Å². The average molecular weight is 442 g/mol. The van der Waals surface area contributed by atoms with Crippen molar-refractivity contribution in [3.63, 3.8) is 0 Å². The Balaban J connectivity index is 1.59. The number of halogens is 1. The van der Waals surface area contributed by atoms with Crippen LogP contribution in [-0.2, 0) is 19.5 Å². The van der Waals surface area contributed by atoms with Gasteiger partial charge in [0.2, 0.25) is 0 Å². The second kappa shape index (κ2) is 8.25. The van der Waals surface area contributed by atoms with Crippen LogP contribution in [0.1, 0.15) is 16.8 Å². The Kier molecular flexibility index (Phi) is 5.49. The van der Waals surface area contributed by atoms with Crippen LogP contribution in [0.2, 0.25) is 5.02 Å². The van der Waals surface area contributed by atoms with E-state index in [1.165, 1.54) is 12.1 Å². The summed E-state index contributed by atoms with van der Waals surface area (Å²) in [4.78, 5) is 42.9. The highest BCUT2D eigenvalue weighted by Gasteiger charge is 2.25. The number of aromatic amines is 1. The summed E-state index contributed by atoms with van der Waals surface area (Å²) in [6, 6.07) is 10.6. The number of hydrogen-bond donors (Lipinski definition) is 1. The minimum absolute atomic E-state index is 0.187. The van der Waals surface area contributed by atoms with Crippen molar-refractivity contribution in [1.82, 2.24) is 14.9 Å². The van der Waals surface area contributed by atoms with E-state index in [-0.39, 0.29) is 30.0 Å². The molecule has 0 radical (unpaired) electrons. The largest absolute Gasteiger partial charge is 0.306 e. The molecule has 1 N–H and O–H groups in total. The van der Waals surface area contributed by atoms with E-state index in [1.54, 1.807) is 24.3 Å². The van der Waals surface area contributed by atoms with Gasteiger partial charge in [0.15, 0.2) is 0 Å². The van der Waals surface area contributed by atoms with Crippen LogP contribution in [0.5, 0.6) is 0 Å². The van der Waals surface area contributed by atoms with Gasteiger partial charge in [0.25, 0.3) is 16.9 Å². The number of hydrogen-bond acceptors (Lipinski definition) is 7. The summed E-state index contributed by atoms with van der Waals surface area (Å²) in [6.07, 6.45) is 0.501. The van der Waals surface area contributed by atoms with Crippen molar-refractivity contribution in [2.45, 2.75) is 19.5 Å². The van der Waals surface area contributed by atoms with E-state index >= 15 is 0 Å². The number of aromatic nitrogens is 2. The maximum atomic E-state index is 12.7. The fraction of sp³-hybridized carbons (Fsp3) is 0.200. The van der Waals surface area contributed by atoms with Crippen LogP contribution in [0.15, 0.2) is 47.3 Å². The molecule has 0 saturated carbocycles. The number of fused-ring (bicyclic) bond motifs is 1. The number of H-pyrrole nitrogens is 1. The van der Waals surface area contributed by atoms with Gasteiger partial charge in [-0.25, -0.2) is 4.98 Å². The van der Waals surface area contributed by atoms with E-state index in [4.69, 9.17) is 11.6 Å². The smallest absolute Gasteiger partial charge is 0.280 e. The van der Waals surface area contributed by atoms with Crippen molar-refractivity contribution >= 4 is 23.0 Å². The zero-order valence-electron chi connectivity index (χ0n) is 16.1. The van der Waals surface area contributed by atoms with Crippen LogP contribution >= 0.6 is 11.6 Å². The Labute approximate surface area is 180 Å². The third-order valence-electron chi connectivity index (χ3n) is 5.14. The maximum absolute atomic E-state index is 12.7. The first-order valence-corrected chi connectivity index (χ1v) is 9.71. The summed E-state index contributed by atoms with van der Waals surface area (Å²) >= 11 is 5.91. The third kappa shape index (κ3) is 4.30. The molecule has 0 aliphatic carbocycles. The Morgan fingerprint density at radius 3 is 2.52 bits per heavy atom. The number of rotatable bonds is 5. The first-order valence-electron chi connectivity index (χ1n) is 9.34. The van der Waals surface area contributed by atoms with Gasteiger partial charge in [-0.2, -0.15) is 0 Å². The van der Waals surface area contributed by atoms with Crippen molar-refractivity contribution in [2.24, 2.45) is 0 Å². The Hall–Kier alpha value is -3.63. The van der Waals surface area contributed by atoms with Crippen LogP contribution in [-0.4, -0.2) is 31.3 Å². The molecule has 0 atom stereocenters. The Morgan fingerprint density at radius 1 is 1.10 bits per heavy atom. The SMILES string of the molecule is O=c1[nH]c(-c2ccc(Cl)cc2)nc2c1CN(Cc1ccc([N+](=O)[O-])cc1[N+](=O)[O-])CC2. The maximum Gasteiger partial charge on any atom is 0.280 e. The molecule has 158 valence electrons. The van der Waals surface area contributed by atoms with Gasteiger partial charge < -0.3 is 4.98 Å². The molecule has 2 aromatic carbocycles.